The first-order chi connectivity index (χ1) is 21.7. The minimum atomic E-state index is -0.436. The number of hydrogen-bond acceptors (Lipinski definition) is 10. The van der Waals surface area contributed by atoms with E-state index in [0.717, 1.165) is 45.1 Å². The summed E-state index contributed by atoms with van der Waals surface area (Å²) in [5.41, 5.74) is 1.87. The molecule has 2 aliphatic heterocycles. The van der Waals surface area contributed by atoms with Crippen LogP contribution in [0.2, 0.25) is 0 Å². The number of carbonyl (C=O) groups is 1. The monoisotopic (exact) mass is 613 g/mol. The zero-order valence-electron chi connectivity index (χ0n) is 26.0. The van der Waals surface area contributed by atoms with E-state index in [1.807, 2.05) is 43.0 Å². The number of aromatic nitrogens is 2. The van der Waals surface area contributed by atoms with Crippen molar-refractivity contribution < 1.29 is 13.9 Å². The highest BCUT2D eigenvalue weighted by atomic mass is 19.1. The van der Waals surface area contributed by atoms with Crippen LogP contribution in [0.3, 0.4) is 0 Å². The normalized spacial score (nSPS) is 16.2. The second-order valence-corrected chi connectivity index (χ2v) is 11.6. The highest BCUT2D eigenvalue weighted by Crippen LogP contribution is 2.35. The first-order valence-electron chi connectivity index (χ1n) is 15.3. The Morgan fingerprint density at radius 2 is 1.82 bits per heavy atom. The maximum atomic E-state index is 15.7. The van der Waals surface area contributed by atoms with E-state index in [0.29, 0.717) is 41.9 Å². The van der Waals surface area contributed by atoms with Gasteiger partial charge in [-0.2, -0.15) is 10.2 Å². The molecule has 3 aromatic rings. The summed E-state index contributed by atoms with van der Waals surface area (Å²) in [4.78, 5) is 28.1. The van der Waals surface area contributed by atoms with Crippen molar-refractivity contribution in [2.45, 2.75) is 38.8 Å². The van der Waals surface area contributed by atoms with Crippen LogP contribution in [0.1, 0.15) is 32.3 Å². The quantitative estimate of drug-likeness (QED) is 0.266. The Bertz CT molecular complexity index is 1560. The number of para-hydroxylation sites is 2. The standard InChI is InChI=1S/C33H40FN9O2/c1-5-31(44)37-28-19-29(43-12-10-24(11-13-43)42-16-14-41(4)15-17-42)25(34)18-27(28)39-33-36-21-23(20-35)32(40-33)38-26-8-6-7-9-30(26)45-22(2)3/h5-9,18-19,21-22,24H,1,10-17H2,2-4H3,(H,37,44)(H2,36,38,39,40). The second kappa shape index (κ2) is 14.4. The lowest BCUT2D eigenvalue weighted by molar-refractivity contribution is -0.111. The number of benzene rings is 2. The van der Waals surface area contributed by atoms with Crippen molar-refractivity contribution in [2.75, 3.05) is 67.2 Å². The molecule has 5 rings (SSSR count). The number of carbonyl (C=O) groups excluding carboxylic acids is 1. The molecule has 0 bridgehead atoms. The highest BCUT2D eigenvalue weighted by Gasteiger charge is 2.28. The summed E-state index contributed by atoms with van der Waals surface area (Å²) in [6, 6.07) is 12.9. The van der Waals surface area contributed by atoms with Gasteiger partial charge in [-0.05, 0) is 58.0 Å². The van der Waals surface area contributed by atoms with E-state index in [2.05, 4.69) is 55.4 Å². The summed E-state index contributed by atoms with van der Waals surface area (Å²) in [5.74, 6) is 0.0807. The molecule has 1 aromatic heterocycles. The zero-order chi connectivity index (χ0) is 31.9. The van der Waals surface area contributed by atoms with E-state index in [1.165, 1.54) is 12.3 Å². The highest BCUT2D eigenvalue weighted by molar-refractivity contribution is 6.02. The fraction of sp³-hybridized carbons (Fsp3) is 0.394. The van der Waals surface area contributed by atoms with Crippen molar-refractivity contribution in [1.82, 2.24) is 19.8 Å². The summed E-state index contributed by atoms with van der Waals surface area (Å²) in [5, 5.41) is 18.7. The Labute approximate surface area is 263 Å². The summed E-state index contributed by atoms with van der Waals surface area (Å²) in [7, 11) is 2.15. The fourth-order valence-electron chi connectivity index (χ4n) is 5.65. The molecule has 1 amide bonds. The molecule has 2 saturated heterocycles. The van der Waals surface area contributed by atoms with E-state index in [-0.39, 0.29) is 29.1 Å². The molecular weight excluding hydrogens is 573 g/mol. The minimum absolute atomic E-state index is 0.0589. The average molecular weight is 614 g/mol. The predicted octanol–water partition coefficient (Wildman–Crippen LogP) is 5.10. The Hall–Kier alpha value is -4.73. The summed E-state index contributed by atoms with van der Waals surface area (Å²) in [6.07, 6.45) is 4.36. The Morgan fingerprint density at radius 3 is 2.51 bits per heavy atom. The smallest absolute Gasteiger partial charge is 0.247 e. The number of nitriles is 1. The third-order valence-electron chi connectivity index (χ3n) is 8.05. The SMILES string of the molecule is C=CC(=O)Nc1cc(N2CCC(N3CCN(C)CC3)CC2)c(F)cc1Nc1ncc(C#N)c(Nc2ccccc2OC(C)C)n1. The molecule has 3 heterocycles. The lowest BCUT2D eigenvalue weighted by Crippen LogP contribution is -2.52. The predicted molar refractivity (Wildman–Crippen MR) is 175 cm³/mol. The Balaban J connectivity index is 1.37. The molecule has 2 aliphatic rings. The van der Waals surface area contributed by atoms with E-state index in [4.69, 9.17) is 4.74 Å². The first kappa shape index (κ1) is 31.7. The third kappa shape index (κ3) is 7.87. The van der Waals surface area contributed by atoms with Crippen molar-refractivity contribution in [2.24, 2.45) is 0 Å². The molecule has 12 heteroatoms. The van der Waals surface area contributed by atoms with Gasteiger partial charge in [-0.15, -0.1) is 0 Å². The number of hydrogen-bond donors (Lipinski definition) is 3. The molecular formula is C33H40FN9O2. The summed E-state index contributed by atoms with van der Waals surface area (Å²) in [6.45, 7) is 13.1. The van der Waals surface area contributed by atoms with Crippen molar-refractivity contribution in [1.29, 1.82) is 5.26 Å². The number of halogens is 1. The number of piperazine rings is 1. The third-order valence-corrected chi connectivity index (χ3v) is 8.05. The largest absolute Gasteiger partial charge is 0.489 e. The van der Waals surface area contributed by atoms with E-state index >= 15 is 4.39 Å². The average Bonchev–Trinajstić information content (AvgIpc) is 3.03. The van der Waals surface area contributed by atoms with Gasteiger partial charge in [0.05, 0.1) is 35.1 Å². The molecule has 11 nitrogen and oxygen atoms in total. The van der Waals surface area contributed by atoms with Crippen molar-refractivity contribution in [3.63, 3.8) is 0 Å². The van der Waals surface area contributed by atoms with Crippen LogP contribution >= 0.6 is 0 Å². The van der Waals surface area contributed by atoms with Crippen LogP contribution in [0.4, 0.5) is 38.9 Å². The molecule has 0 radical (unpaired) electrons. The van der Waals surface area contributed by atoms with Crippen LogP contribution < -0.4 is 25.6 Å². The first-order valence-corrected chi connectivity index (χ1v) is 15.3. The number of amides is 1. The molecule has 236 valence electrons. The lowest BCUT2D eigenvalue weighted by Gasteiger charge is -2.42. The molecule has 2 aromatic carbocycles. The van der Waals surface area contributed by atoms with Crippen LogP contribution in [0.15, 0.2) is 55.3 Å². The van der Waals surface area contributed by atoms with Gasteiger partial charge in [0.2, 0.25) is 11.9 Å². The van der Waals surface area contributed by atoms with Crippen LogP contribution in [0.5, 0.6) is 5.75 Å². The number of ether oxygens (including phenoxy) is 1. The number of anilines is 6. The van der Waals surface area contributed by atoms with E-state index in [9.17, 15) is 10.1 Å². The second-order valence-electron chi connectivity index (χ2n) is 11.6. The number of piperidine rings is 1. The Morgan fingerprint density at radius 1 is 1.09 bits per heavy atom. The number of likely N-dealkylation sites (N-methyl/N-ethyl adjacent to an activating group) is 1. The molecule has 3 N–H and O–H groups in total. The molecule has 45 heavy (non-hydrogen) atoms. The van der Waals surface area contributed by atoms with Gasteiger partial charge in [-0.3, -0.25) is 9.69 Å². The van der Waals surface area contributed by atoms with Gasteiger partial charge in [-0.25, -0.2) is 9.37 Å². The van der Waals surface area contributed by atoms with Gasteiger partial charge in [0, 0.05) is 51.4 Å². The summed E-state index contributed by atoms with van der Waals surface area (Å²) < 4.78 is 21.6. The van der Waals surface area contributed by atoms with Gasteiger partial charge >= 0.3 is 0 Å². The van der Waals surface area contributed by atoms with E-state index < -0.39 is 11.7 Å². The van der Waals surface area contributed by atoms with Gasteiger partial charge in [0.25, 0.3) is 0 Å². The minimum Gasteiger partial charge on any atom is -0.489 e. The van der Waals surface area contributed by atoms with Gasteiger partial charge in [0.1, 0.15) is 23.2 Å². The molecule has 0 aliphatic carbocycles. The van der Waals surface area contributed by atoms with E-state index in [1.54, 1.807) is 6.07 Å². The zero-order valence-corrected chi connectivity index (χ0v) is 26.0. The molecule has 0 spiro atoms. The molecule has 0 atom stereocenters. The van der Waals surface area contributed by atoms with Crippen LogP contribution in [-0.4, -0.2) is 84.1 Å². The number of rotatable bonds is 10. The number of nitrogens with zero attached hydrogens (tertiary/aromatic N) is 6. The lowest BCUT2D eigenvalue weighted by atomic mass is 10.0. The van der Waals surface area contributed by atoms with Gasteiger partial charge < -0.3 is 30.5 Å². The van der Waals surface area contributed by atoms with Crippen LogP contribution in [-0.2, 0) is 4.79 Å². The molecule has 2 fully saturated rings. The topological polar surface area (TPSA) is 122 Å². The molecule has 0 saturated carbocycles. The fourth-order valence-corrected chi connectivity index (χ4v) is 5.65. The maximum Gasteiger partial charge on any atom is 0.247 e. The van der Waals surface area contributed by atoms with Crippen LogP contribution in [0.25, 0.3) is 0 Å². The maximum absolute atomic E-state index is 15.7. The van der Waals surface area contributed by atoms with Crippen molar-refractivity contribution >= 4 is 40.4 Å². The van der Waals surface area contributed by atoms with Crippen LogP contribution in [0, 0.1) is 17.1 Å². The number of nitrogens with one attached hydrogen (secondary N) is 3. The molecule has 0 unspecified atom stereocenters. The van der Waals surface area contributed by atoms with Gasteiger partial charge in [-0.1, -0.05) is 18.7 Å². The van der Waals surface area contributed by atoms with Gasteiger partial charge in [0.15, 0.2) is 5.82 Å². The van der Waals surface area contributed by atoms with Crippen molar-refractivity contribution in [3.8, 4) is 11.8 Å². The van der Waals surface area contributed by atoms with Crippen molar-refractivity contribution in [3.05, 3.63) is 66.6 Å². The Kier molecular flexibility index (Phi) is 10.1. The summed E-state index contributed by atoms with van der Waals surface area (Å²) >= 11 is 0.